The summed E-state index contributed by atoms with van der Waals surface area (Å²) in [4.78, 5) is 1.78. The highest BCUT2D eigenvalue weighted by atomic mass is 19.3. The molecule has 0 aromatic heterocycles. The molecule has 82 valence electrons. The zero-order valence-corrected chi connectivity index (χ0v) is 8.52. The van der Waals surface area contributed by atoms with Crippen molar-refractivity contribution >= 4 is 0 Å². The summed E-state index contributed by atoms with van der Waals surface area (Å²) in [5, 5.41) is 2.98. The molecule has 0 aromatic carbocycles. The van der Waals surface area contributed by atoms with E-state index in [1.165, 1.54) is 0 Å². The average Bonchev–Trinajstić information content (AvgIpc) is 1.98. The molecule has 14 heavy (non-hydrogen) atoms. The number of nitrogens with zero attached hydrogens (tertiary/aromatic N) is 1. The maximum absolute atomic E-state index is 13.2. The Morgan fingerprint density at radius 2 is 1.93 bits per heavy atom. The van der Waals surface area contributed by atoms with Crippen molar-refractivity contribution in [1.29, 1.82) is 0 Å². The van der Waals surface area contributed by atoms with Crippen molar-refractivity contribution in [3.05, 3.63) is 0 Å². The molecule has 2 fully saturated rings. The highest BCUT2D eigenvalue weighted by molar-refractivity contribution is 5.01. The van der Waals surface area contributed by atoms with Crippen LogP contribution in [0.3, 0.4) is 0 Å². The standard InChI is InChI=1S/C9H16F2N2O/c1-7(2)13-5-8(3-12-4-8)14-9(10,11)6-13/h7,12H,3-6H2,1-2H3. The number of halogens is 2. The van der Waals surface area contributed by atoms with Crippen molar-refractivity contribution in [2.75, 3.05) is 26.2 Å². The summed E-state index contributed by atoms with van der Waals surface area (Å²) >= 11 is 0. The molecule has 0 bridgehead atoms. The lowest BCUT2D eigenvalue weighted by Crippen LogP contribution is -2.72. The smallest absolute Gasteiger partial charge is 0.311 e. The Morgan fingerprint density at radius 1 is 1.29 bits per heavy atom. The topological polar surface area (TPSA) is 24.5 Å². The van der Waals surface area contributed by atoms with Crippen LogP contribution in [0.5, 0.6) is 0 Å². The third-order valence-corrected chi connectivity index (χ3v) is 2.87. The molecule has 3 nitrogen and oxygen atoms in total. The van der Waals surface area contributed by atoms with E-state index < -0.39 is 11.7 Å². The second-order valence-corrected chi connectivity index (χ2v) is 4.52. The summed E-state index contributed by atoms with van der Waals surface area (Å²) in [5.74, 6) is 0. The summed E-state index contributed by atoms with van der Waals surface area (Å²) in [6, 6.07) is 0.141. The molecule has 0 radical (unpaired) electrons. The van der Waals surface area contributed by atoms with Crippen LogP contribution in [0.15, 0.2) is 0 Å². The third kappa shape index (κ3) is 1.76. The van der Waals surface area contributed by atoms with Gasteiger partial charge in [0.05, 0.1) is 6.54 Å². The van der Waals surface area contributed by atoms with Crippen molar-refractivity contribution in [1.82, 2.24) is 10.2 Å². The predicted molar refractivity (Wildman–Crippen MR) is 48.3 cm³/mol. The van der Waals surface area contributed by atoms with E-state index in [2.05, 4.69) is 5.32 Å². The zero-order valence-electron chi connectivity index (χ0n) is 8.52. The fraction of sp³-hybridized carbons (Fsp3) is 1.00. The van der Waals surface area contributed by atoms with Crippen molar-refractivity contribution in [3.63, 3.8) is 0 Å². The average molecular weight is 206 g/mol. The van der Waals surface area contributed by atoms with Gasteiger partial charge in [0, 0.05) is 25.7 Å². The van der Waals surface area contributed by atoms with Crippen LogP contribution in [0.1, 0.15) is 13.8 Å². The molecule has 0 atom stereocenters. The van der Waals surface area contributed by atoms with Crippen LogP contribution in [0.25, 0.3) is 0 Å². The van der Waals surface area contributed by atoms with Crippen LogP contribution in [0.2, 0.25) is 0 Å². The van der Waals surface area contributed by atoms with E-state index in [-0.39, 0.29) is 12.6 Å². The number of ether oxygens (including phenoxy) is 1. The van der Waals surface area contributed by atoms with E-state index in [4.69, 9.17) is 4.74 Å². The van der Waals surface area contributed by atoms with Crippen LogP contribution in [0, 0.1) is 0 Å². The van der Waals surface area contributed by atoms with Gasteiger partial charge in [0.25, 0.3) is 0 Å². The summed E-state index contributed by atoms with van der Waals surface area (Å²) in [7, 11) is 0. The van der Waals surface area contributed by atoms with Crippen molar-refractivity contribution in [2.24, 2.45) is 0 Å². The Bertz CT molecular complexity index is 229. The molecule has 2 heterocycles. The summed E-state index contributed by atoms with van der Waals surface area (Å²) < 4.78 is 31.3. The van der Waals surface area contributed by atoms with Gasteiger partial charge in [0.2, 0.25) is 0 Å². The van der Waals surface area contributed by atoms with Gasteiger partial charge in [-0.1, -0.05) is 0 Å². The molecule has 1 N–H and O–H groups in total. The first-order chi connectivity index (χ1) is 6.43. The molecular weight excluding hydrogens is 190 g/mol. The van der Waals surface area contributed by atoms with Crippen LogP contribution < -0.4 is 5.32 Å². The van der Waals surface area contributed by atoms with Crippen molar-refractivity contribution in [2.45, 2.75) is 31.6 Å². The van der Waals surface area contributed by atoms with E-state index in [0.29, 0.717) is 19.6 Å². The molecule has 0 saturated carbocycles. The first-order valence-corrected chi connectivity index (χ1v) is 4.95. The van der Waals surface area contributed by atoms with Crippen molar-refractivity contribution in [3.8, 4) is 0 Å². The van der Waals surface area contributed by atoms with E-state index >= 15 is 0 Å². The van der Waals surface area contributed by atoms with Crippen LogP contribution >= 0.6 is 0 Å². The van der Waals surface area contributed by atoms with Gasteiger partial charge < -0.3 is 10.1 Å². The van der Waals surface area contributed by atoms with Gasteiger partial charge in [0.1, 0.15) is 5.60 Å². The zero-order chi connectivity index (χ0) is 10.4. The van der Waals surface area contributed by atoms with E-state index in [1.54, 1.807) is 4.90 Å². The number of hydrogen-bond acceptors (Lipinski definition) is 3. The van der Waals surface area contributed by atoms with Crippen molar-refractivity contribution < 1.29 is 13.5 Å². The van der Waals surface area contributed by atoms with Gasteiger partial charge in [-0.25, -0.2) is 0 Å². The highest BCUT2D eigenvalue weighted by Gasteiger charge is 2.53. The summed E-state index contributed by atoms with van der Waals surface area (Å²) in [6.45, 7) is 5.25. The Labute approximate surface area is 82.4 Å². The molecule has 0 amide bonds. The maximum atomic E-state index is 13.2. The van der Waals surface area contributed by atoms with Gasteiger partial charge >= 0.3 is 6.11 Å². The molecule has 2 aliphatic heterocycles. The first-order valence-electron chi connectivity index (χ1n) is 4.95. The third-order valence-electron chi connectivity index (χ3n) is 2.87. The molecule has 0 aliphatic carbocycles. The molecule has 0 unspecified atom stereocenters. The maximum Gasteiger partial charge on any atom is 0.369 e. The van der Waals surface area contributed by atoms with Gasteiger partial charge in [-0.15, -0.1) is 0 Å². The Balaban J connectivity index is 2.10. The lowest BCUT2D eigenvalue weighted by Gasteiger charge is -2.51. The predicted octanol–water partition coefficient (Wildman–Crippen LogP) is 0.662. The Kier molecular flexibility index (Phi) is 2.28. The minimum absolute atomic E-state index is 0.141. The van der Waals surface area contributed by atoms with Gasteiger partial charge in [-0.3, -0.25) is 4.90 Å². The number of morpholine rings is 1. The first kappa shape index (κ1) is 10.3. The molecule has 5 heteroatoms. The second-order valence-electron chi connectivity index (χ2n) is 4.52. The summed E-state index contributed by atoms with van der Waals surface area (Å²) in [6.07, 6.45) is -3.00. The highest BCUT2D eigenvalue weighted by Crippen LogP contribution is 2.34. The molecule has 2 rings (SSSR count). The lowest BCUT2D eigenvalue weighted by molar-refractivity contribution is -0.341. The van der Waals surface area contributed by atoms with E-state index in [1.807, 2.05) is 13.8 Å². The Morgan fingerprint density at radius 3 is 2.36 bits per heavy atom. The fourth-order valence-corrected chi connectivity index (χ4v) is 2.00. The number of alkyl halides is 2. The van der Waals surface area contributed by atoms with Gasteiger partial charge in [-0.2, -0.15) is 8.78 Å². The quantitative estimate of drug-likeness (QED) is 0.682. The van der Waals surface area contributed by atoms with Gasteiger partial charge in [-0.05, 0) is 13.8 Å². The summed E-state index contributed by atoms with van der Waals surface area (Å²) in [5.41, 5.74) is -0.647. The molecule has 2 aliphatic rings. The number of hydrogen-bond donors (Lipinski definition) is 1. The van der Waals surface area contributed by atoms with E-state index in [9.17, 15) is 8.78 Å². The molecule has 2 saturated heterocycles. The minimum Gasteiger partial charge on any atom is -0.311 e. The SMILES string of the molecule is CC(C)N1CC(F)(F)OC2(CNC2)C1. The van der Waals surface area contributed by atoms with E-state index in [0.717, 1.165) is 0 Å². The van der Waals surface area contributed by atoms with Crippen LogP contribution in [-0.4, -0.2) is 48.8 Å². The molecular formula is C9H16F2N2O. The lowest BCUT2D eigenvalue weighted by atomic mass is 9.94. The van der Waals surface area contributed by atoms with Gasteiger partial charge in [0.15, 0.2) is 0 Å². The monoisotopic (exact) mass is 206 g/mol. The molecule has 1 spiro atoms. The largest absolute Gasteiger partial charge is 0.369 e. The molecule has 0 aromatic rings. The number of rotatable bonds is 1. The minimum atomic E-state index is -3.00. The normalized spacial score (nSPS) is 30.6. The fourth-order valence-electron chi connectivity index (χ4n) is 2.00. The van der Waals surface area contributed by atoms with Crippen LogP contribution in [0.4, 0.5) is 8.78 Å². The number of nitrogens with one attached hydrogen (secondary N) is 1. The Hall–Kier alpha value is -0.260. The second kappa shape index (κ2) is 3.12. The van der Waals surface area contributed by atoms with Crippen LogP contribution in [-0.2, 0) is 4.74 Å².